The average Bonchev–Trinajstić information content (AvgIpc) is 2.04. The minimum absolute atomic E-state index is 0.199. The molecule has 0 aromatic heterocycles. The van der Waals surface area contributed by atoms with E-state index < -0.39 is 0 Å². The molecule has 0 amide bonds. The van der Waals surface area contributed by atoms with E-state index in [1.807, 2.05) is 6.92 Å². The summed E-state index contributed by atoms with van der Waals surface area (Å²) in [5.41, 5.74) is 0. The van der Waals surface area contributed by atoms with E-state index in [2.05, 4.69) is 24.4 Å². The van der Waals surface area contributed by atoms with Crippen LogP contribution in [0.15, 0.2) is 12.2 Å². The lowest BCUT2D eigenvalue weighted by Gasteiger charge is -2.23. The molecule has 76 valence electrons. The van der Waals surface area contributed by atoms with Crippen molar-refractivity contribution < 1.29 is 5.11 Å². The largest absolute Gasteiger partial charge is 0.393 e. The zero-order valence-corrected chi connectivity index (χ0v) is 8.66. The van der Waals surface area contributed by atoms with Gasteiger partial charge < -0.3 is 10.4 Å². The highest BCUT2D eigenvalue weighted by Crippen LogP contribution is 2.11. The van der Waals surface area contributed by atoms with Crippen molar-refractivity contribution in [2.45, 2.75) is 57.7 Å². The molecule has 0 spiro atoms. The number of aliphatic hydroxyl groups is 1. The summed E-state index contributed by atoms with van der Waals surface area (Å²) in [5.74, 6) is 0. The van der Waals surface area contributed by atoms with Crippen molar-refractivity contribution >= 4 is 0 Å². The molecule has 2 nitrogen and oxygen atoms in total. The molecule has 0 radical (unpaired) electrons. The lowest BCUT2D eigenvalue weighted by molar-refractivity contribution is 0.168. The van der Waals surface area contributed by atoms with Crippen molar-refractivity contribution in [1.29, 1.82) is 0 Å². The van der Waals surface area contributed by atoms with Crippen molar-refractivity contribution in [1.82, 2.24) is 5.32 Å². The Labute approximate surface area is 81.0 Å². The quantitative estimate of drug-likeness (QED) is 0.652. The van der Waals surface area contributed by atoms with Gasteiger partial charge in [-0.05, 0) is 39.5 Å². The Balaban J connectivity index is 2.22. The normalized spacial score (nSPS) is 27.2. The lowest BCUT2D eigenvalue weighted by atomic mass is 10.0. The van der Waals surface area contributed by atoms with Crippen molar-refractivity contribution in [3.05, 3.63) is 12.2 Å². The van der Waals surface area contributed by atoms with Gasteiger partial charge in [-0.3, -0.25) is 0 Å². The second-order valence-electron chi connectivity index (χ2n) is 4.12. The molecule has 1 aliphatic rings. The predicted molar refractivity (Wildman–Crippen MR) is 55.7 cm³/mol. The minimum atomic E-state index is -0.199. The first-order valence-corrected chi connectivity index (χ1v) is 5.29. The molecular formula is C11H21NO. The summed E-state index contributed by atoms with van der Waals surface area (Å²) in [6.07, 6.45) is 8.89. The van der Waals surface area contributed by atoms with Crippen LogP contribution >= 0.6 is 0 Å². The van der Waals surface area contributed by atoms with E-state index in [-0.39, 0.29) is 6.10 Å². The van der Waals surface area contributed by atoms with Crippen molar-refractivity contribution in [3.63, 3.8) is 0 Å². The number of hydrogen-bond donors (Lipinski definition) is 2. The van der Waals surface area contributed by atoms with E-state index in [4.69, 9.17) is 0 Å². The molecule has 2 heteroatoms. The summed E-state index contributed by atoms with van der Waals surface area (Å²) in [6.45, 7) is 3.98. The zero-order valence-electron chi connectivity index (χ0n) is 8.66. The molecule has 1 aliphatic carbocycles. The Kier molecular flexibility index (Phi) is 4.46. The fraction of sp³-hybridized carbons (Fsp3) is 0.818. The molecule has 2 N–H and O–H groups in total. The summed E-state index contributed by atoms with van der Waals surface area (Å²) in [4.78, 5) is 0. The van der Waals surface area contributed by atoms with E-state index >= 15 is 0 Å². The van der Waals surface area contributed by atoms with Crippen LogP contribution in [0.25, 0.3) is 0 Å². The van der Waals surface area contributed by atoms with Crippen LogP contribution in [0.4, 0.5) is 0 Å². The second kappa shape index (κ2) is 5.40. The number of hydrogen-bond acceptors (Lipinski definition) is 2. The van der Waals surface area contributed by atoms with Crippen molar-refractivity contribution in [2.24, 2.45) is 0 Å². The molecule has 3 unspecified atom stereocenters. The van der Waals surface area contributed by atoms with Crippen LogP contribution < -0.4 is 5.32 Å². The fourth-order valence-corrected chi connectivity index (χ4v) is 1.90. The van der Waals surface area contributed by atoms with Gasteiger partial charge in [-0.1, -0.05) is 12.2 Å². The van der Waals surface area contributed by atoms with E-state index in [9.17, 15) is 5.11 Å². The van der Waals surface area contributed by atoms with Gasteiger partial charge in [-0.25, -0.2) is 0 Å². The third-order valence-electron chi connectivity index (χ3n) is 2.45. The van der Waals surface area contributed by atoms with E-state index in [1.54, 1.807) is 0 Å². The molecule has 0 fully saturated rings. The van der Waals surface area contributed by atoms with Gasteiger partial charge >= 0.3 is 0 Å². The van der Waals surface area contributed by atoms with Crippen LogP contribution in [0.5, 0.6) is 0 Å². The van der Waals surface area contributed by atoms with Gasteiger partial charge in [0.25, 0.3) is 0 Å². The minimum Gasteiger partial charge on any atom is -0.393 e. The molecule has 0 aliphatic heterocycles. The van der Waals surface area contributed by atoms with Crippen LogP contribution in [0.3, 0.4) is 0 Å². The summed E-state index contributed by atoms with van der Waals surface area (Å²) < 4.78 is 0. The number of aliphatic hydroxyl groups excluding tert-OH is 1. The fourth-order valence-electron chi connectivity index (χ4n) is 1.90. The summed E-state index contributed by atoms with van der Waals surface area (Å²) >= 11 is 0. The van der Waals surface area contributed by atoms with Crippen LogP contribution in [0, 0.1) is 0 Å². The van der Waals surface area contributed by atoms with Gasteiger partial charge in [0.05, 0.1) is 6.10 Å². The Morgan fingerprint density at radius 3 is 2.85 bits per heavy atom. The number of allylic oxidation sites excluding steroid dienone is 1. The number of nitrogens with one attached hydrogen (secondary N) is 1. The van der Waals surface area contributed by atoms with E-state index in [0.29, 0.717) is 12.1 Å². The predicted octanol–water partition coefficient (Wildman–Crippen LogP) is 1.84. The van der Waals surface area contributed by atoms with Crippen LogP contribution in [-0.4, -0.2) is 23.3 Å². The lowest BCUT2D eigenvalue weighted by Crippen LogP contribution is -2.37. The average molecular weight is 183 g/mol. The standard InChI is InChI=1S/C11H21NO/c1-9(8-10(2)13)12-11-6-4-3-5-7-11/h4,6,9-13H,3,5,7-8H2,1-2H3. The molecule has 0 aromatic rings. The highest BCUT2D eigenvalue weighted by molar-refractivity contribution is 4.98. The molecule has 3 atom stereocenters. The number of rotatable bonds is 4. The van der Waals surface area contributed by atoms with Gasteiger partial charge in [0.15, 0.2) is 0 Å². The highest BCUT2D eigenvalue weighted by atomic mass is 16.3. The second-order valence-corrected chi connectivity index (χ2v) is 4.12. The first-order chi connectivity index (χ1) is 6.18. The summed E-state index contributed by atoms with van der Waals surface area (Å²) in [6, 6.07) is 0.940. The van der Waals surface area contributed by atoms with Gasteiger partial charge in [0.1, 0.15) is 0 Å². The van der Waals surface area contributed by atoms with Gasteiger partial charge in [0, 0.05) is 12.1 Å². The van der Waals surface area contributed by atoms with Gasteiger partial charge in [-0.15, -0.1) is 0 Å². The molecule has 1 rings (SSSR count). The molecule has 13 heavy (non-hydrogen) atoms. The third kappa shape index (κ3) is 4.44. The van der Waals surface area contributed by atoms with E-state index in [1.165, 1.54) is 19.3 Å². The smallest absolute Gasteiger partial charge is 0.0526 e. The maximum Gasteiger partial charge on any atom is 0.0526 e. The van der Waals surface area contributed by atoms with Gasteiger partial charge in [-0.2, -0.15) is 0 Å². The van der Waals surface area contributed by atoms with Crippen LogP contribution in [-0.2, 0) is 0 Å². The Bertz CT molecular complexity index is 165. The van der Waals surface area contributed by atoms with Crippen molar-refractivity contribution in [3.8, 4) is 0 Å². The summed E-state index contributed by atoms with van der Waals surface area (Å²) in [5, 5.41) is 12.7. The first-order valence-electron chi connectivity index (χ1n) is 5.29. The van der Waals surface area contributed by atoms with Crippen LogP contribution in [0.1, 0.15) is 39.5 Å². The zero-order chi connectivity index (χ0) is 9.68. The SMILES string of the molecule is CC(O)CC(C)NC1C=CCCC1. The Morgan fingerprint density at radius 1 is 1.54 bits per heavy atom. The first kappa shape index (κ1) is 10.7. The van der Waals surface area contributed by atoms with Crippen LogP contribution in [0.2, 0.25) is 0 Å². The maximum absolute atomic E-state index is 9.19. The topological polar surface area (TPSA) is 32.3 Å². The molecule has 0 aromatic carbocycles. The monoisotopic (exact) mass is 183 g/mol. The summed E-state index contributed by atoms with van der Waals surface area (Å²) in [7, 11) is 0. The Hall–Kier alpha value is -0.340. The molecular weight excluding hydrogens is 162 g/mol. The van der Waals surface area contributed by atoms with E-state index in [0.717, 1.165) is 6.42 Å². The molecule has 0 heterocycles. The van der Waals surface area contributed by atoms with Crippen molar-refractivity contribution in [2.75, 3.05) is 0 Å². The third-order valence-corrected chi connectivity index (χ3v) is 2.45. The maximum atomic E-state index is 9.19. The molecule has 0 bridgehead atoms. The molecule has 0 saturated carbocycles. The molecule has 0 saturated heterocycles. The van der Waals surface area contributed by atoms with Gasteiger partial charge in [0.2, 0.25) is 0 Å². The highest BCUT2D eigenvalue weighted by Gasteiger charge is 2.12. The Morgan fingerprint density at radius 2 is 2.31 bits per heavy atom.